The molecule has 2 aliphatic carbocycles. The first-order chi connectivity index (χ1) is 12.6. The van der Waals surface area contributed by atoms with E-state index in [1.54, 1.807) is 0 Å². The average molecular weight is 364 g/mol. The van der Waals surface area contributed by atoms with Crippen LogP contribution in [0.4, 0.5) is 0 Å². The monoisotopic (exact) mass is 363 g/mol. The molecule has 3 rings (SSSR count). The number of hydrogen-bond acceptors (Lipinski definition) is 1. The highest BCUT2D eigenvalue weighted by Crippen LogP contribution is 2.48. The van der Waals surface area contributed by atoms with Gasteiger partial charge in [-0.25, -0.2) is 0 Å². The molecule has 0 aliphatic heterocycles. The van der Waals surface area contributed by atoms with Crippen LogP contribution in [0.2, 0.25) is 0 Å². The van der Waals surface area contributed by atoms with Gasteiger partial charge in [0.15, 0.2) is 0 Å². The number of fused-ring (bicyclic) bond motifs is 1. The van der Waals surface area contributed by atoms with E-state index in [4.69, 9.17) is 4.98 Å². The van der Waals surface area contributed by atoms with Gasteiger partial charge in [-0.15, -0.1) is 0 Å². The summed E-state index contributed by atoms with van der Waals surface area (Å²) in [7, 11) is 0. The van der Waals surface area contributed by atoms with E-state index < -0.39 is 0 Å². The smallest absolute Gasteiger partial charge is 0.0668 e. The molecule has 0 radical (unpaired) electrons. The highest BCUT2D eigenvalue weighted by atomic mass is 14.7. The van der Waals surface area contributed by atoms with Gasteiger partial charge in [-0.05, 0) is 77.5 Å². The maximum Gasteiger partial charge on any atom is 0.0668 e. The summed E-state index contributed by atoms with van der Waals surface area (Å²) in [4.78, 5) is 5.01. The third kappa shape index (κ3) is 3.58. The van der Waals surface area contributed by atoms with Crippen molar-refractivity contribution in [1.29, 1.82) is 0 Å². The van der Waals surface area contributed by atoms with E-state index in [9.17, 15) is 0 Å². The van der Waals surface area contributed by atoms with Crippen LogP contribution in [0.25, 0.3) is 5.57 Å². The molecule has 1 aromatic rings. The summed E-state index contributed by atoms with van der Waals surface area (Å²) < 4.78 is 0. The Kier molecular flexibility index (Phi) is 5.27. The van der Waals surface area contributed by atoms with Gasteiger partial charge >= 0.3 is 0 Å². The number of hydrogen-bond donors (Lipinski definition) is 0. The normalized spacial score (nSPS) is 25.7. The van der Waals surface area contributed by atoms with Crippen LogP contribution >= 0.6 is 0 Å². The zero-order valence-electron chi connectivity index (χ0n) is 18.4. The molecule has 0 N–H and O–H groups in total. The molecule has 1 aromatic heterocycles. The Labute approximate surface area is 166 Å². The minimum atomic E-state index is 0.164. The van der Waals surface area contributed by atoms with E-state index in [1.807, 2.05) is 0 Å². The molecule has 2 unspecified atom stereocenters. The highest BCUT2D eigenvalue weighted by molar-refractivity contribution is 5.70. The third-order valence-electron chi connectivity index (χ3n) is 7.30. The van der Waals surface area contributed by atoms with Crippen molar-refractivity contribution >= 4 is 5.57 Å². The Balaban J connectivity index is 2.10. The molecular formula is C26H37N. The van der Waals surface area contributed by atoms with Gasteiger partial charge in [0.2, 0.25) is 0 Å². The zero-order valence-corrected chi connectivity index (χ0v) is 18.4. The summed E-state index contributed by atoms with van der Waals surface area (Å²) in [5.41, 5.74) is 6.14. The summed E-state index contributed by atoms with van der Waals surface area (Å²) in [5.74, 6) is 0.481. The molecule has 1 nitrogen and oxygen atoms in total. The number of rotatable bonds is 4. The fraction of sp³-hybridized carbons (Fsp3) is 0.577. The highest BCUT2D eigenvalue weighted by Gasteiger charge is 2.39. The van der Waals surface area contributed by atoms with Crippen LogP contribution in [0.1, 0.15) is 91.0 Å². The van der Waals surface area contributed by atoms with Gasteiger partial charge < -0.3 is 0 Å². The van der Waals surface area contributed by atoms with Crippen molar-refractivity contribution in [3.05, 3.63) is 59.5 Å². The lowest BCUT2D eigenvalue weighted by molar-refractivity contribution is 0.305. The van der Waals surface area contributed by atoms with Gasteiger partial charge in [0, 0.05) is 6.20 Å². The zero-order chi connectivity index (χ0) is 19.9. The van der Waals surface area contributed by atoms with Crippen molar-refractivity contribution in [2.45, 2.75) is 85.0 Å². The molecule has 1 heteroatoms. The lowest BCUT2D eigenvalue weighted by Crippen LogP contribution is -2.34. The largest absolute Gasteiger partial charge is 0.256 e. The maximum absolute atomic E-state index is 5.01. The van der Waals surface area contributed by atoms with Crippen molar-refractivity contribution in [3.8, 4) is 0 Å². The first kappa shape index (κ1) is 20.1. The summed E-state index contributed by atoms with van der Waals surface area (Å²) in [6.45, 7) is 16.4. The van der Waals surface area contributed by atoms with E-state index in [0.717, 1.165) is 12.8 Å². The molecule has 0 spiro atoms. The van der Waals surface area contributed by atoms with Crippen LogP contribution < -0.4 is 0 Å². The predicted octanol–water partition coefficient (Wildman–Crippen LogP) is 7.38. The molecule has 0 fully saturated rings. The Bertz CT molecular complexity index is 790. The van der Waals surface area contributed by atoms with Crippen LogP contribution in [-0.2, 0) is 10.8 Å². The van der Waals surface area contributed by atoms with E-state index in [-0.39, 0.29) is 16.2 Å². The molecule has 2 atom stereocenters. The van der Waals surface area contributed by atoms with Crippen LogP contribution in [0.3, 0.4) is 0 Å². The third-order valence-corrected chi connectivity index (χ3v) is 7.30. The topological polar surface area (TPSA) is 12.9 Å². The summed E-state index contributed by atoms with van der Waals surface area (Å²) in [6, 6.07) is 2.42. The molecule has 0 amide bonds. The quantitative estimate of drug-likeness (QED) is 0.508. The van der Waals surface area contributed by atoms with Crippen molar-refractivity contribution in [2.24, 2.45) is 11.3 Å². The first-order valence-corrected chi connectivity index (χ1v) is 10.7. The minimum absolute atomic E-state index is 0.164. The Hall–Kier alpha value is -1.63. The van der Waals surface area contributed by atoms with Gasteiger partial charge in [-0.2, -0.15) is 0 Å². The molecule has 27 heavy (non-hydrogen) atoms. The summed E-state index contributed by atoms with van der Waals surface area (Å²) >= 11 is 0. The molecule has 0 saturated heterocycles. The van der Waals surface area contributed by atoms with E-state index in [0.29, 0.717) is 5.92 Å². The van der Waals surface area contributed by atoms with Crippen molar-refractivity contribution in [3.63, 3.8) is 0 Å². The fourth-order valence-electron chi connectivity index (χ4n) is 4.99. The minimum Gasteiger partial charge on any atom is -0.256 e. The van der Waals surface area contributed by atoms with E-state index >= 15 is 0 Å². The summed E-state index contributed by atoms with van der Waals surface area (Å²) in [6.07, 6.45) is 18.3. The second-order valence-electron chi connectivity index (χ2n) is 10.1. The van der Waals surface area contributed by atoms with E-state index in [1.165, 1.54) is 35.2 Å². The predicted molar refractivity (Wildman–Crippen MR) is 118 cm³/mol. The van der Waals surface area contributed by atoms with Crippen LogP contribution in [0, 0.1) is 11.3 Å². The molecule has 1 heterocycles. The second-order valence-corrected chi connectivity index (χ2v) is 10.1. The van der Waals surface area contributed by atoms with Gasteiger partial charge in [0.05, 0.1) is 5.69 Å². The van der Waals surface area contributed by atoms with Crippen LogP contribution in [0.15, 0.2) is 42.6 Å². The van der Waals surface area contributed by atoms with Crippen molar-refractivity contribution in [1.82, 2.24) is 4.98 Å². The second kappa shape index (κ2) is 7.08. The van der Waals surface area contributed by atoms with E-state index in [2.05, 4.69) is 91.1 Å². The van der Waals surface area contributed by atoms with Crippen molar-refractivity contribution < 1.29 is 0 Å². The molecule has 146 valence electrons. The van der Waals surface area contributed by atoms with Crippen molar-refractivity contribution in [2.75, 3.05) is 0 Å². The standard InChI is InChI=1S/C26H37N/c1-8-14-26(7,9-2)20-13-11-10-12-19(20)23-17-21-22(18-27-23)25(5,6)16-15-24(21,3)4/h8,10-12,14,17-18,20H,9,13,15-16H2,1-7H3. The first-order valence-electron chi connectivity index (χ1n) is 10.7. The van der Waals surface area contributed by atoms with Gasteiger partial charge in [-0.1, -0.05) is 71.9 Å². The Morgan fingerprint density at radius 3 is 2.44 bits per heavy atom. The molecule has 0 bridgehead atoms. The lowest BCUT2D eigenvalue weighted by atomic mass is 9.63. The Morgan fingerprint density at radius 2 is 1.81 bits per heavy atom. The number of allylic oxidation sites excluding steroid dienone is 6. The Morgan fingerprint density at radius 1 is 1.15 bits per heavy atom. The number of nitrogens with zero attached hydrogens (tertiary/aromatic N) is 1. The number of pyridine rings is 1. The number of aromatic nitrogens is 1. The van der Waals surface area contributed by atoms with Gasteiger partial charge in [-0.3, -0.25) is 4.98 Å². The van der Waals surface area contributed by atoms with Gasteiger partial charge in [0.25, 0.3) is 0 Å². The average Bonchev–Trinajstić information content (AvgIpc) is 2.65. The van der Waals surface area contributed by atoms with Gasteiger partial charge in [0.1, 0.15) is 0 Å². The summed E-state index contributed by atoms with van der Waals surface area (Å²) in [5, 5.41) is 0. The molecular weight excluding hydrogens is 326 g/mol. The van der Waals surface area contributed by atoms with Crippen LogP contribution in [-0.4, -0.2) is 4.98 Å². The maximum atomic E-state index is 5.01. The lowest BCUT2D eigenvalue weighted by Gasteiger charge is -2.42. The molecule has 2 aliphatic rings. The SMILES string of the molecule is CC=CC(C)(CC)C1CC=CC=C1c1cc2c(cn1)C(C)(C)CCC2(C)C. The van der Waals surface area contributed by atoms with Crippen LogP contribution in [0.5, 0.6) is 0 Å². The fourth-order valence-corrected chi connectivity index (χ4v) is 4.99. The molecule has 0 aromatic carbocycles. The molecule has 0 saturated carbocycles.